The first-order chi connectivity index (χ1) is 10.5. The number of thioether (sulfide) groups is 1. The van der Waals surface area contributed by atoms with Crippen LogP contribution in [0, 0.1) is 20.8 Å². The number of aliphatic hydroxyl groups excluding tert-OH is 1. The Morgan fingerprint density at radius 1 is 1.09 bits per heavy atom. The van der Waals surface area contributed by atoms with Gasteiger partial charge in [-0.15, -0.1) is 10.2 Å². The van der Waals surface area contributed by atoms with Gasteiger partial charge in [-0.3, -0.25) is 0 Å². The molecule has 0 radical (unpaired) electrons. The van der Waals surface area contributed by atoms with Crippen LogP contribution in [0.2, 0.25) is 0 Å². The van der Waals surface area contributed by atoms with Crippen LogP contribution in [0.1, 0.15) is 42.4 Å². The van der Waals surface area contributed by atoms with Crippen molar-refractivity contribution in [1.29, 1.82) is 0 Å². The Morgan fingerprint density at radius 3 is 2.45 bits per heavy atom. The van der Waals surface area contributed by atoms with E-state index in [9.17, 15) is 5.11 Å². The van der Waals surface area contributed by atoms with E-state index in [-0.39, 0.29) is 11.4 Å². The molecule has 3 rings (SSSR count). The van der Waals surface area contributed by atoms with Crippen LogP contribution in [0.3, 0.4) is 0 Å². The van der Waals surface area contributed by atoms with E-state index in [0.29, 0.717) is 11.1 Å². The number of hydrogen-bond acceptors (Lipinski definition) is 5. The molecule has 118 valence electrons. The number of benzene rings is 1. The van der Waals surface area contributed by atoms with Crippen LogP contribution in [0.5, 0.6) is 0 Å². The second-order valence-corrected chi connectivity index (χ2v) is 7.35. The Labute approximate surface area is 135 Å². The Balaban J connectivity index is 1.82. The van der Waals surface area contributed by atoms with Gasteiger partial charge in [-0.25, -0.2) is 0 Å². The summed E-state index contributed by atoms with van der Waals surface area (Å²) in [6, 6.07) is 4.26. The van der Waals surface area contributed by atoms with Crippen LogP contribution in [0.4, 0.5) is 0 Å². The van der Waals surface area contributed by atoms with Crippen molar-refractivity contribution in [2.75, 3.05) is 0 Å². The van der Waals surface area contributed by atoms with Gasteiger partial charge in [0.15, 0.2) is 0 Å². The first-order valence-corrected chi connectivity index (χ1v) is 8.69. The maximum Gasteiger partial charge on any atom is 0.277 e. The molecule has 5 heteroatoms. The molecule has 0 bridgehead atoms. The van der Waals surface area contributed by atoms with E-state index in [1.165, 1.54) is 17.3 Å². The molecule has 0 aliphatic heterocycles. The van der Waals surface area contributed by atoms with Gasteiger partial charge >= 0.3 is 0 Å². The average Bonchev–Trinajstić information content (AvgIpc) is 2.88. The third kappa shape index (κ3) is 3.20. The Hall–Kier alpha value is -1.33. The second-order valence-electron chi connectivity index (χ2n) is 6.15. The molecule has 0 amide bonds. The Bertz CT molecular complexity index is 645. The predicted octanol–water partition coefficient (Wildman–Crippen LogP) is 4.06. The minimum Gasteiger partial charge on any atom is -0.411 e. The van der Waals surface area contributed by atoms with Gasteiger partial charge in [0.25, 0.3) is 5.22 Å². The van der Waals surface area contributed by atoms with Crippen LogP contribution in [-0.2, 0) is 0 Å². The lowest BCUT2D eigenvalue weighted by atomic mass is 9.97. The molecular formula is C17H22N2O2S. The second kappa shape index (κ2) is 6.42. The first kappa shape index (κ1) is 15.6. The number of aliphatic hydroxyl groups is 1. The summed E-state index contributed by atoms with van der Waals surface area (Å²) in [4.78, 5) is 0. The highest BCUT2D eigenvalue weighted by molar-refractivity contribution is 7.99. The van der Waals surface area contributed by atoms with Gasteiger partial charge in [0, 0.05) is 10.8 Å². The van der Waals surface area contributed by atoms with Crippen molar-refractivity contribution in [1.82, 2.24) is 10.2 Å². The minimum atomic E-state index is -0.267. The molecule has 1 aromatic heterocycles. The van der Waals surface area contributed by atoms with Crippen molar-refractivity contribution in [2.45, 2.75) is 63.0 Å². The SMILES string of the molecule is Cc1cc(C)c(-c2nnc(SC3CCCCC3O)o2)c(C)c1. The van der Waals surface area contributed by atoms with Gasteiger partial charge in [0.1, 0.15) is 0 Å². The van der Waals surface area contributed by atoms with Crippen LogP contribution in [0.25, 0.3) is 11.5 Å². The van der Waals surface area contributed by atoms with E-state index in [0.717, 1.165) is 42.4 Å². The molecule has 0 saturated heterocycles. The number of hydrogen-bond donors (Lipinski definition) is 1. The maximum atomic E-state index is 10.1. The van der Waals surface area contributed by atoms with Gasteiger partial charge < -0.3 is 9.52 Å². The van der Waals surface area contributed by atoms with Gasteiger partial charge in [-0.2, -0.15) is 0 Å². The van der Waals surface area contributed by atoms with Gasteiger partial charge in [-0.1, -0.05) is 42.3 Å². The smallest absolute Gasteiger partial charge is 0.277 e. The highest BCUT2D eigenvalue weighted by atomic mass is 32.2. The summed E-state index contributed by atoms with van der Waals surface area (Å²) in [6.45, 7) is 6.22. The molecule has 1 aliphatic carbocycles. The van der Waals surface area contributed by atoms with Crippen molar-refractivity contribution >= 4 is 11.8 Å². The van der Waals surface area contributed by atoms with Crippen molar-refractivity contribution < 1.29 is 9.52 Å². The third-order valence-electron chi connectivity index (χ3n) is 4.22. The standard InChI is InChI=1S/C17H22N2O2S/c1-10-8-11(2)15(12(3)9-10)16-18-19-17(21-16)22-14-7-5-4-6-13(14)20/h8-9,13-14,20H,4-7H2,1-3H3. The van der Waals surface area contributed by atoms with E-state index in [1.807, 2.05) is 0 Å². The Morgan fingerprint density at radius 2 is 1.77 bits per heavy atom. The van der Waals surface area contributed by atoms with Crippen LogP contribution in [0.15, 0.2) is 21.8 Å². The summed E-state index contributed by atoms with van der Waals surface area (Å²) in [5.41, 5.74) is 4.55. The maximum absolute atomic E-state index is 10.1. The van der Waals surface area contributed by atoms with Crippen LogP contribution in [-0.4, -0.2) is 26.7 Å². The molecule has 1 heterocycles. The predicted molar refractivity (Wildman–Crippen MR) is 88.1 cm³/mol. The molecule has 1 aromatic carbocycles. The van der Waals surface area contributed by atoms with Crippen molar-refractivity contribution in [3.63, 3.8) is 0 Å². The number of aryl methyl sites for hydroxylation is 3. The monoisotopic (exact) mass is 318 g/mol. The van der Waals surface area contributed by atoms with Crippen molar-refractivity contribution in [2.24, 2.45) is 0 Å². The molecule has 1 aliphatic rings. The molecule has 0 spiro atoms. The van der Waals surface area contributed by atoms with Gasteiger partial charge in [0.05, 0.1) is 6.10 Å². The zero-order valence-electron chi connectivity index (χ0n) is 13.3. The summed E-state index contributed by atoms with van der Waals surface area (Å²) in [5.74, 6) is 0.572. The lowest BCUT2D eigenvalue weighted by molar-refractivity contribution is 0.136. The van der Waals surface area contributed by atoms with E-state index in [1.54, 1.807) is 0 Å². The highest BCUT2D eigenvalue weighted by Crippen LogP contribution is 2.35. The van der Waals surface area contributed by atoms with Crippen LogP contribution >= 0.6 is 11.8 Å². The Kier molecular flexibility index (Phi) is 4.54. The van der Waals surface area contributed by atoms with Gasteiger partial charge in [-0.05, 0) is 44.7 Å². The quantitative estimate of drug-likeness (QED) is 0.925. The van der Waals surface area contributed by atoms with Crippen molar-refractivity contribution in [3.05, 3.63) is 28.8 Å². The largest absolute Gasteiger partial charge is 0.411 e. The van der Waals surface area contributed by atoms with E-state index >= 15 is 0 Å². The molecule has 2 aromatic rings. The molecule has 2 atom stereocenters. The average molecular weight is 318 g/mol. The zero-order valence-corrected chi connectivity index (χ0v) is 14.1. The first-order valence-electron chi connectivity index (χ1n) is 7.81. The molecule has 1 saturated carbocycles. The number of nitrogens with zero attached hydrogens (tertiary/aromatic N) is 2. The minimum absolute atomic E-state index is 0.169. The lowest BCUT2D eigenvalue weighted by Crippen LogP contribution is -2.26. The summed E-state index contributed by atoms with van der Waals surface area (Å²) in [6.07, 6.45) is 3.87. The fraction of sp³-hybridized carbons (Fsp3) is 0.529. The summed E-state index contributed by atoms with van der Waals surface area (Å²) < 4.78 is 5.85. The highest BCUT2D eigenvalue weighted by Gasteiger charge is 2.26. The van der Waals surface area contributed by atoms with Crippen LogP contribution < -0.4 is 0 Å². The van der Waals surface area contributed by atoms with E-state index in [4.69, 9.17) is 4.42 Å². The molecule has 2 unspecified atom stereocenters. The van der Waals surface area contributed by atoms with Gasteiger partial charge in [0.2, 0.25) is 5.89 Å². The number of aromatic nitrogens is 2. The zero-order chi connectivity index (χ0) is 15.7. The molecule has 4 nitrogen and oxygen atoms in total. The normalized spacial score (nSPS) is 22.0. The summed E-state index contributed by atoms with van der Waals surface area (Å²) in [5, 5.41) is 19.2. The third-order valence-corrected chi connectivity index (χ3v) is 5.44. The topological polar surface area (TPSA) is 59.2 Å². The van der Waals surface area contributed by atoms with E-state index in [2.05, 4.69) is 43.1 Å². The molecular weight excluding hydrogens is 296 g/mol. The summed E-state index contributed by atoms with van der Waals surface area (Å²) >= 11 is 1.51. The fourth-order valence-electron chi connectivity index (χ4n) is 3.22. The fourth-order valence-corrected chi connectivity index (χ4v) is 4.27. The van der Waals surface area contributed by atoms with E-state index < -0.39 is 0 Å². The molecule has 1 fully saturated rings. The molecule has 22 heavy (non-hydrogen) atoms. The van der Waals surface area contributed by atoms with Crippen molar-refractivity contribution in [3.8, 4) is 11.5 Å². The lowest BCUT2D eigenvalue weighted by Gasteiger charge is -2.25. The molecule has 1 N–H and O–H groups in total. The summed E-state index contributed by atoms with van der Waals surface area (Å²) in [7, 11) is 0. The number of rotatable bonds is 3.